The smallest absolute Gasteiger partial charge is 0.393 e. The van der Waals surface area contributed by atoms with Crippen LogP contribution in [0, 0.1) is 11.2 Å². The van der Waals surface area contributed by atoms with Gasteiger partial charge in [-0.25, -0.2) is 4.39 Å². The standard InChI is InChI=1S/C31H34F4N2O4/c1-41-30(31(33,34)35,23-4-2-3-22(17-23)20-7-11-25(38)12-8-20)28(40)37-15-13-29(14-16-37)18-27(39)36-19-26(29)21-5-9-24(32)10-6-21/h2-7,9-10,17,25-26,38H,8,11-16,18-19H2,1H3,(H,36,39)/t25?,26-,30-/m0/s1. The molecule has 1 aliphatic carbocycles. The second kappa shape index (κ2) is 11.2. The Balaban J connectivity index is 1.43. The number of rotatable bonds is 5. The van der Waals surface area contributed by atoms with Crippen LogP contribution >= 0.6 is 0 Å². The third-order valence-electron chi connectivity index (χ3n) is 9.10. The Bertz CT molecular complexity index is 1320. The average molecular weight is 575 g/mol. The molecular formula is C31H34F4N2O4. The lowest BCUT2D eigenvalue weighted by Crippen LogP contribution is -2.60. The van der Waals surface area contributed by atoms with Crippen LogP contribution in [0.2, 0.25) is 0 Å². The molecule has 0 bridgehead atoms. The Hall–Kier alpha value is -3.24. The molecule has 2 aromatic rings. The van der Waals surface area contributed by atoms with E-state index in [9.17, 15) is 32.3 Å². The minimum absolute atomic E-state index is 0.0216. The molecule has 10 heteroatoms. The maximum atomic E-state index is 14.9. The number of hydrogen-bond acceptors (Lipinski definition) is 4. The van der Waals surface area contributed by atoms with E-state index in [1.807, 2.05) is 6.08 Å². The van der Waals surface area contributed by atoms with Crippen molar-refractivity contribution in [3.8, 4) is 0 Å². The Kier molecular flexibility index (Phi) is 8.00. The summed E-state index contributed by atoms with van der Waals surface area (Å²) in [5.74, 6) is -1.88. The van der Waals surface area contributed by atoms with E-state index < -0.39 is 29.2 Å². The van der Waals surface area contributed by atoms with Gasteiger partial charge in [-0.1, -0.05) is 36.4 Å². The van der Waals surface area contributed by atoms with E-state index in [0.717, 1.165) is 18.2 Å². The zero-order valence-electron chi connectivity index (χ0n) is 22.8. The maximum absolute atomic E-state index is 14.9. The number of nitrogens with one attached hydrogen (secondary N) is 1. The number of carbonyl (C=O) groups is 2. The first-order valence-electron chi connectivity index (χ1n) is 13.9. The molecule has 2 aromatic carbocycles. The highest BCUT2D eigenvalue weighted by Crippen LogP contribution is 2.50. The maximum Gasteiger partial charge on any atom is 0.430 e. The Morgan fingerprint density at radius 1 is 1.12 bits per heavy atom. The summed E-state index contributed by atoms with van der Waals surface area (Å²) in [5, 5.41) is 12.7. The van der Waals surface area contributed by atoms with Crippen LogP contribution in [-0.4, -0.2) is 60.8 Å². The summed E-state index contributed by atoms with van der Waals surface area (Å²) in [6.07, 6.45) is -1.45. The molecule has 6 nitrogen and oxygen atoms in total. The topological polar surface area (TPSA) is 78.9 Å². The third kappa shape index (κ3) is 5.39. The first kappa shape index (κ1) is 29.3. The number of alkyl halides is 3. The van der Waals surface area contributed by atoms with Gasteiger partial charge in [0, 0.05) is 44.6 Å². The molecule has 2 saturated heterocycles. The number of methoxy groups -OCH3 is 1. The van der Waals surface area contributed by atoms with Crippen molar-refractivity contribution in [3.05, 3.63) is 77.1 Å². The van der Waals surface area contributed by atoms with E-state index in [4.69, 9.17) is 4.74 Å². The van der Waals surface area contributed by atoms with Gasteiger partial charge in [-0.2, -0.15) is 13.2 Å². The number of allylic oxidation sites excluding steroid dienone is 1. The molecule has 220 valence electrons. The predicted octanol–water partition coefficient (Wildman–Crippen LogP) is 5.07. The van der Waals surface area contributed by atoms with Crippen LogP contribution in [0.25, 0.3) is 5.57 Å². The van der Waals surface area contributed by atoms with Gasteiger partial charge in [0.15, 0.2) is 0 Å². The van der Waals surface area contributed by atoms with Crippen LogP contribution < -0.4 is 5.32 Å². The summed E-state index contributed by atoms with van der Waals surface area (Å²) in [5.41, 5.74) is -1.86. The van der Waals surface area contributed by atoms with Gasteiger partial charge in [0.25, 0.3) is 11.5 Å². The van der Waals surface area contributed by atoms with Crippen molar-refractivity contribution in [2.75, 3.05) is 26.7 Å². The Morgan fingerprint density at radius 2 is 1.83 bits per heavy atom. The molecule has 2 fully saturated rings. The molecule has 3 aliphatic rings. The minimum Gasteiger partial charge on any atom is -0.393 e. The van der Waals surface area contributed by atoms with Crippen LogP contribution in [0.15, 0.2) is 54.6 Å². The molecule has 2 amide bonds. The zero-order valence-corrected chi connectivity index (χ0v) is 22.8. The van der Waals surface area contributed by atoms with Gasteiger partial charge in [-0.05, 0) is 72.4 Å². The molecule has 0 aromatic heterocycles. The van der Waals surface area contributed by atoms with Gasteiger partial charge in [0.2, 0.25) is 5.91 Å². The van der Waals surface area contributed by atoms with E-state index in [1.54, 1.807) is 18.2 Å². The highest BCUT2D eigenvalue weighted by Gasteiger charge is 2.64. The number of benzene rings is 2. The van der Waals surface area contributed by atoms with E-state index >= 15 is 0 Å². The molecule has 0 radical (unpaired) electrons. The van der Waals surface area contributed by atoms with Crippen LogP contribution in [0.4, 0.5) is 17.6 Å². The molecule has 5 rings (SSSR count). The summed E-state index contributed by atoms with van der Waals surface area (Å²) >= 11 is 0. The molecule has 2 N–H and O–H groups in total. The Morgan fingerprint density at radius 3 is 2.44 bits per heavy atom. The average Bonchev–Trinajstić information content (AvgIpc) is 2.95. The number of likely N-dealkylation sites (tertiary alicyclic amines) is 1. The molecule has 2 aliphatic heterocycles. The highest BCUT2D eigenvalue weighted by atomic mass is 19.4. The van der Waals surface area contributed by atoms with Gasteiger partial charge < -0.3 is 20.1 Å². The van der Waals surface area contributed by atoms with E-state index in [-0.39, 0.29) is 42.7 Å². The van der Waals surface area contributed by atoms with Crippen molar-refractivity contribution in [1.29, 1.82) is 0 Å². The van der Waals surface area contributed by atoms with Crippen molar-refractivity contribution < 1.29 is 37.0 Å². The fraction of sp³-hybridized carbons (Fsp3) is 0.484. The van der Waals surface area contributed by atoms with E-state index in [2.05, 4.69) is 5.32 Å². The number of carbonyl (C=O) groups excluding carboxylic acids is 2. The number of halogens is 4. The molecule has 2 heterocycles. The summed E-state index contributed by atoms with van der Waals surface area (Å²) in [7, 11) is 0.899. The minimum atomic E-state index is -5.05. The number of aliphatic hydroxyl groups is 1. The summed E-state index contributed by atoms with van der Waals surface area (Å²) in [6.45, 7) is 0.379. The number of nitrogens with zero attached hydrogens (tertiary/aromatic N) is 1. The van der Waals surface area contributed by atoms with Crippen LogP contribution in [0.5, 0.6) is 0 Å². The highest BCUT2D eigenvalue weighted by molar-refractivity contribution is 5.88. The van der Waals surface area contributed by atoms with Crippen LogP contribution in [0.1, 0.15) is 61.1 Å². The number of piperidine rings is 2. The first-order chi connectivity index (χ1) is 19.5. The molecule has 41 heavy (non-hydrogen) atoms. The summed E-state index contributed by atoms with van der Waals surface area (Å²) in [4.78, 5) is 27.5. The molecular weight excluding hydrogens is 540 g/mol. The number of ether oxygens (including phenoxy) is 1. The lowest BCUT2D eigenvalue weighted by molar-refractivity contribution is -0.271. The second-order valence-corrected chi connectivity index (χ2v) is 11.4. The fourth-order valence-corrected chi connectivity index (χ4v) is 6.76. The fourth-order valence-electron chi connectivity index (χ4n) is 6.76. The zero-order chi connectivity index (χ0) is 29.4. The van der Waals surface area contributed by atoms with Crippen molar-refractivity contribution in [3.63, 3.8) is 0 Å². The predicted molar refractivity (Wildman–Crippen MR) is 144 cm³/mol. The van der Waals surface area contributed by atoms with E-state index in [0.29, 0.717) is 44.2 Å². The van der Waals surface area contributed by atoms with Gasteiger partial charge in [0.05, 0.1) is 6.10 Å². The van der Waals surface area contributed by atoms with Crippen molar-refractivity contribution in [1.82, 2.24) is 10.2 Å². The lowest BCUT2D eigenvalue weighted by atomic mass is 9.62. The van der Waals surface area contributed by atoms with Gasteiger partial charge in [0.1, 0.15) is 5.82 Å². The van der Waals surface area contributed by atoms with Crippen molar-refractivity contribution >= 4 is 17.4 Å². The lowest BCUT2D eigenvalue weighted by Gasteiger charge is -2.50. The normalized spacial score (nSPS) is 24.4. The number of amides is 2. The third-order valence-corrected chi connectivity index (χ3v) is 9.10. The van der Waals surface area contributed by atoms with Crippen molar-refractivity contribution in [2.24, 2.45) is 5.41 Å². The molecule has 1 unspecified atom stereocenters. The molecule has 3 atom stereocenters. The second-order valence-electron chi connectivity index (χ2n) is 11.4. The number of hydrogen-bond donors (Lipinski definition) is 2. The quantitative estimate of drug-likeness (QED) is 0.489. The largest absolute Gasteiger partial charge is 0.430 e. The van der Waals surface area contributed by atoms with Gasteiger partial charge in [-0.15, -0.1) is 0 Å². The monoisotopic (exact) mass is 574 g/mol. The van der Waals surface area contributed by atoms with Gasteiger partial charge >= 0.3 is 6.18 Å². The van der Waals surface area contributed by atoms with Crippen molar-refractivity contribution in [2.45, 2.75) is 62.3 Å². The van der Waals surface area contributed by atoms with Crippen LogP contribution in [0.3, 0.4) is 0 Å². The van der Waals surface area contributed by atoms with Crippen LogP contribution in [-0.2, 0) is 19.9 Å². The van der Waals surface area contributed by atoms with Gasteiger partial charge in [-0.3, -0.25) is 9.59 Å². The summed E-state index contributed by atoms with van der Waals surface area (Å²) < 4.78 is 63.4. The first-order valence-corrected chi connectivity index (χ1v) is 13.9. The SMILES string of the molecule is CO[C@](C(=O)N1CCC2(CC1)CC(=O)NC[C@H]2c1ccc(F)cc1)(c1cccc(C2=CCC(O)CC2)c1)C(F)(F)F. The number of aliphatic hydroxyl groups excluding tert-OH is 1. The summed E-state index contributed by atoms with van der Waals surface area (Å²) in [6, 6.07) is 11.9. The Labute approximate surface area is 236 Å². The van der Waals surface area contributed by atoms with E-state index in [1.165, 1.54) is 35.2 Å². The molecule has 0 saturated carbocycles. The molecule has 1 spiro atoms.